The zero-order chi connectivity index (χ0) is 15.2. The number of aromatic nitrogens is 4. The Labute approximate surface area is 126 Å². The van der Waals surface area contributed by atoms with E-state index in [4.69, 9.17) is 5.73 Å². The van der Waals surface area contributed by atoms with Gasteiger partial charge < -0.3 is 15.0 Å². The van der Waals surface area contributed by atoms with Crippen molar-refractivity contribution in [2.24, 2.45) is 5.73 Å². The highest BCUT2D eigenvalue weighted by atomic mass is 32.2. The fourth-order valence-electron chi connectivity index (χ4n) is 1.81. The second-order valence-electron chi connectivity index (χ2n) is 4.14. The number of esters is 1. The van der Waals surface area contributed by atoms with Crippen molar-refractivity contribution in [2.45, 2.75) is 30.9 Å². The van der Waals surface area contributed by atoms with Crippen molar-refractivity contribution in [2.75, 3.05) is 7.11 Å². The van der Waals surface area contributed by atoms with Crippen LogP contribution in [0.1, 0.15) is 28.9 Å². The lowest BCUT2D eigenvalue weighted by Gasteiger charge is -2.06. The summed E-state index contributed by atoms with van der Waals surface area (Å²) in [7, 11) is 1.34. The van der Waals surface area contributed by atoms with E-state index in [-0.39, 0.29) is 0 Å². The van der Waals surface area contributed by atoms with Gasteiger partial charge in [0, 0.05) is 12.3 Å². The number of hydrogen-bond acceptors (Lipinski definition) is 7. The molecule has 0 spiro atoms. The molecule has 0 saturated carbocycles. The second-order valence-corrected chi connectivity index (χ2v) is 5.08. The van der Waals surface area contributed by atoms with Gasteiger partial charge in [0.05, 0.1) is 19.3 Å². The summed E-state index contributed by atoms with van der Waals surface area (Å²) in [5.74, 6) is 0.911. The number of ether oxygens (including phenoxy) is 1. The third-order valence-electron chi connectivity index (χ3n) is 2.84. The molecule has 0 fully saturated rings. The van der Waals surface area contributed by atoms with Crippen molar-refractivity contribution in [1.82, 2.24) is 19.7 Å². The van der Waals surface area contributed by atoms with Crippen LogP contribution in [0.3, 0.4) is 0 Å². The van der Waals surface area contributed by atoms with Gasteiger partial charge in [-0.3, -0.25) is 0 Å². The highest BCUT2D eigenvalue weighted by Crippen LogP contribution is 2.21. The molecule has 0 atom stereocenters. The molecular formula is C13H17N5O2S. The molecule has 0 aliphatic carbocycles. The van der Waals surface area contributed by atoms with E-state index in [1.807, 2.05) is 17.6 Å². The second kappa shape index (κ2) is 7.19. The maximum atomic E-state index is 11.5. The predicted molar refractivity (Wildman–Crippen MR) is 78.7 cm³/mol. The summed E-state index contributed by atoms with van der Waals surface area (Å²) in [5, 5.41) is 8.97. The zero-order valence-corrected chi connectivity index (χ0v) is 12.8. The molecule has 2 rings (SSSR count). The standard InChI is InChI=1S/C13H17N5O2S/c1-3-18-11(7-14)16-17-13(18)21-8-9-5-4-6-10(15-9)12(19)20-2/h4-6H,3,7-8,14H2,1-2H3. The Morgan fingerprint density at radius 2 is 2.24 bits per heavy atom. The predicted octanol–water partition coefficient (Wildman–Crippen LogP) is 1.23. The fourth-order valence-corrected chi connectivity index (χ4v) is 2.74. The molecule has 2 N–H and O–H groups in total. The van der Waals surface area contributed by atoms with Crippen LogP contribution < -0.4 is 5.73 Å². The quantitative estimate of drug-likeness (QED) is 0.633. The minimum absolute atomic E-state index is 0.301. The molecule has 2 aromatic rings. The van der Waals surface area contributed by atoms with E-state index in [0.717, 1.165) is 23.2 Å². The van der Waals surface area contributed by atoms with E-state index >= 15 is 0 Å². The summed E-state index contributed by atoms with van der Waals surface area (Å²) in [6.07, 6.45) is 0. The number of methoxy groups -OCH3 is 1. The first kappa shape index (κ1) is 15.5. The summed E-state index contributed by atoms with van der Waals surface area (Å²) in [6, 6.07) is 5.27. The smallest absolute Gasteiger partial charge is 0.356 e. The van der Waals surface area contributed by atoms with Gasteiger partial charge in [0.25, 0.3) is 0 Å². The van der Waals surface area contributed by atoms with E-state index in [0.29, 0.717) is 18.0 Å². The lowest BCUT2D eigenvalue weighted by Crippen LogP contribution is -2.08. The van der Waals surface area contributed by atoms with Gasteiger partial charge in [0.15, 0.2) is 5.16 Å². The number of pyridine rings is 1. The summed E-state index contributed by atoms with van der Waals surface area (Å²) in [6.45, 7) is 3.14. The van der Waals surface area contributed by atoms with Crippen molar-refractivity contribution in [3.63, 3.8) is 0 Å². The number of carbonyl (C=O) groups excluding carboxylic acids is 1. The van der Waals surface area contributed by atoms with Crippen molar-refractivity contribution in [3.8, 4) is 0 Å². The van der Waals surface area contributed by atoms with Gasteiger partial charge in [-0.05, 0) is 19.1 Å². The van der Waals surface area contributed by atoms with Crippen LogP contribution in [0.5, 0.6) is 0 Å². The number of carbonyl (C=O) groups is 1. The molecule has 0 saturated heterocycles. The Hall–Kier alpha value is -1.93. The SMILES string of the molecule is CCn1c(CN)nnc1SCc1cccc(C(=O)OC)n1. The summed E-state index contributed by atoms with van der Waals surface area (Å²) in [4.78, 5) is 15.7. The molecule has 0 aliphatic heterocycles. The molecular weight excluding hydrogens is 290 g/mol. The van der Waals surface area contributed by atoms with Crippen LogP contribution in [0.15, 0.2) is 23.4 Å². The van der Waals surface area contributed by atoms with E-state index in [9.17, 15) is 4.79 Å². The summed E-state index contributed by atoms with van der Waals surface area (Å²) in [5.41, 5.74) is 6.70. The van der Waals surface area contributed by atoms with Crippen molar-refractivity contribution >= 4 is 17.7 Å². The maximum absolute atomic E-state index is 11.5. The molecule has 0 bridgehead atoms. The largest absolute Gasteiger partial charge is 0.464 e. The van der Waals surface area contributed by atoms with Crippen LogP contribution in [0.2, 0.25) is 0 Å². The third kappa shape index (κ3) is 3.59. The van der Waals surface area contributed by atoms with Gasteiger partial charge in [-0.15, -0.1) is 10.2 Å². The molecule has 0 amide bonds. The third-order valence-corrected chi connectivity index (χ3v) is 3.84. The van der Waals surface area contributed by atoms with Crippen molar-refractivity contribution in [3.05, 3.63) is 35.4 Å². The Morgan fingerprint density at radius 3 is 2.90 bits per heavy atom. The minimum atomic E-state index is -0.441. The lowest BCUT2D eigenvalue weighted by atomic mass is 10.3. The highest BCUT2D eigenvalue weighted by Gasteiger charge is 2.12. The summed E-state index contributed by atoms with van der Waals surface area (Å²) >= 11 is 1.51. The van der Waals surface area contributed by atoms with E-state index in [1.165, 1.54) is 18.9 Å². The minimum Gasteiger partial charge on any atom is -0.464 e. The Bertz CT molecular complexity index is 629. The first-order valence-corrected chi connectivity index (χ1v) is 7.47. The van der Waals surface area contributed by atoms with E-state index in [1.54, 1.807) is 12.1 Å². The van der Waals surface area contributed by atoms with Crippen LogP contribution in [-0.2, 0) is 23.6 Å². The molecule has 2 aromatic heterocycles. The molecule has 0 aromatic carbocycles. The molecule has 7 nitrogen and oxygen atoms in total. The average molecular weight is 307 g/mol. The molecule has 2 heterocycles. The van der Waals surface area contributed by atoms with Crippen LogP contribution in [0, 0.1) is 0 Å². The molecule has 112 valence electrons. The van der Waals surface area contributed by atoms with Gasteiger partial charge >= 0.3 is 5.97 Å². The lowest BCUT2D eigenvalue weighted by molar-refractivity contribution is 0.0594. The normalized spacial score (nSPS) is 10.6. The zero-order valence-electron chi connectivity index (χ0n) is 11.9. The van der Waals surface area contributed by atoms with Crippen LogP contribution >= 0.6 is 11.8 Å². The fraction of sp³-hybridized carbons (Fsp3) is 0.385. The number of nitrogens with two attached hydrogens (primary N) is 1. The Kier molecular flexibility index (Phi) is 5.29. The topological polar surface area (TPSA) is 95.9 Å². The van der Waals surface area contributed by atoms with Crippen LogP contribution in [-0.4, -0.2) is 32.8 Å². The number of hydrogen-bond donors (Lipinski definition) is 1. The Morgan fingerprint density at radius 1 is 1.43 bits per heavy atom. The molecule has 21 heavy (non-hydrogen) atoms. The Balaban J connectivity index is 2.10. The van der Waals surface area contributed by atoms with E-state index < -0.39 is 5.97 Å². The summed E-state index contributed by atoms with van der Waals surface area (Å²) < 4.78 is 6.63. The average Bonchev–Trinajstić information content (AvgIpc) is 2.94. The number of nitrogens with zero attached hydrogens (tertiary/aromatic N) is 4. The van der Waals surface area contributed by atoms with Crippen LogP contribution in [0.4, 0.5) is 0 Å². The van der Waals surface area contributed by atoms with Gasteiger partial charge in [0.2, 0.25) is 0 Å². The highest BCUT2D eigenvalue weighted by molar-refractivity contribution is 7.98. The van der Waals surface area contributed by atoms with Crippen molar-refractivity contribution in [1.29, 1.82) is 0 Å². The first-order chi connectivity index (χ1) is 10.2. The van der Waals surface area contributed by atoms with Gasteiger partial charge in [-0.2, -0.15) is 0 Å². The van der Waals surface area contributed by atoms with E-state index in [2.05, 4.69) is 19.9 Å². The monoisotopic (exact) mass is 307 g/mol. The molecule has 0 aliphatic rings. The molecule has 8 heteroatoms. The number of rotatable bonds is 6. The first-order valence-electron chi connectivity index (χ1n) is 6.48. The van der Waals surface area contributed by atoms with Gasteiger partial charge in [-0.25, -0.2) is 9.78 Å². The maximum Gasteiger partial charge on any atom is 0.356 e. The van der Waals surface area contributed by atoms with Crippen LogP contribution in [0.25, 0.3) is 0 Å². The molecule has 0 unspecified atom stereocenters. The number of thioether (sulfide) groups is 1. The van der Waals surface area contributed by atoms with Gasteiger partial charge in [-0.1, -0.05) is 17.8 Å². The van der Waals surface area contributed by atoms with Crippen molar-refractivity contribution < 1.29 is 9.53 Å². The molecule has 0 radical (unpaired) electrons. The van der Waals surface area contributed by atoms with Gasteiger partial charge in [0.1, 0.15) is 11.5 Å².